The molecule has 0 aromatic rings. The molecule has 0 aromatic heterocycles. The Bertz CT molecular complexity index is 157. The highest BCUT2D eigenvalue weighted by Gasteiger charge is 2.07. The maximum Gasteiger partial charge on any atom is 0.152 e. The molecule has 1 aliphatic heterocycles. The van der Waals surface area contributed by atoms with Crippen molar-refractivity contribution in [1.82, 2.24) is 5.32 Å². The normalized spacial score (nSPS) is 25.7. The van der Waals surface area contributed by atoms with Crippen LogP contribution in [0.1, 0.15) is 26.2 Å². The summed E-state index contributed by atoms with van der Waals surface area (Å²) in [6.07, 6.45) is 7.35. The lowest BCUT2D eigenvalue weighted by Gasteiger charge is -2.19. The van der Waals surface area contributed by atoms with Crippen molar-refractivity contribution >= 4 is 5.78 Å². The van der Waals surface area contributed by atoms with Gasteiger partial charge in [-0.15, -0.1) is 0 Å². The molecular formula is C9H15NO. The summed E-state index contributed by atoms with van der Waals surface area (Å²) in [6, 6.07) is 0.438. The Hall–Kier alpha value is -0.630. The molecule has 62 valence electrons. The Morgan fingerprint density at radius 2 is 2.36 bits per heavy atom. The van der Waals surface area contributed by atoms with E-state index in [0.29, 0.717) is 6.04 Å². The fourth-order valence-corrected chi connectivity index (χ4v) is 1.29. The first-order valence-corrected chi connectivity index (χ1v) is 4.21. The maximum absolute atomic E-state index is 10.6. The molecular weight excluding hydrogens is 138 g/mol. The zero-order valence-electron chi connectivity index (χ0n) is 6.97. The number of nitrogens with one attached hydrogen (secondary N) is 1. The number of carbonyl (C=O) groups excluding carboxylic acids is 1. The molecule has 0 spiro atoms. The van der Waals surface area contributed by atoms with Crippen LogP contribution in [0.25, 0.3) is 0 Å². The predicted octanol–water partition coefficient (Wildman–Crippen LogP) is 1.27. The molecule has 1 N–H and O–H groups in total. The van der Waals surface area contributed by atoms with Crippen molar-refractivity contribution in [2.75, 3.05) is 6.54 Å². The molecule has 0 saturated carbocycles. The predicted molar refractivity (Wildman–Crippen MR) is 45.5 cm³/mol. The van der Waals surface area contributed by atoms with Gasteiger partial charge in [0.25, 0.3) is 0 Å². The first-order valence-electron chi connectivity index (χ1n) is 4.21. The second-order valence-electron chi connectivity index (χ2n) is 3.03. The topological polar surface area (TPSA) is 29.1 Å². The van der Waals surface area contributed by atoms with E-state index in [-0.39, 0.29) is 5.78 Å². The summed E-state index contributed by atoms with van der Waals surface area (Å²) in [5, 5.41) is 3.34. The van der Waals surface area contributed by atoms with Crippen LogP contribution in [-0.2, 0) is 4.79 Å². The van der Waals surface area contributed by atoms with Gasteiger partial charge in [0.2, 0.25) is 0 Å². The Labute approximate surface area is 67.7 Å². The van der Waals surface area contributed by atoms with Crippen LogP contribution in [0.3, 0.4) is 0 Å². The summed E-state index contributed by atoms with van der Waals surface area (Å²) in [6.45, 7) is 2.67. The molecule has 0 aliphatic carbocycles. The average molecular weight is 153 g/mol. The van der Waals surface area contributed by atoms with E-state index >= 15 is 0 Å². The molecule has 2 nitrogen and oxygen atoms in total. The minimum absolute atomic E-state index is 0.136. The van der Waals surface area contributed by atoms with Crippen LogP contribution in [0.15, 0.2) is 12.2 Å². The van der Waals surface area contributed by atoms with Gasteiger partial charge in [0, 0.05) is 6.04 Å². The molecule has 1 aliphatic rings. The quantitative estimate of drug-likeness (QED) is 0.605. The van der Waals surface area contributed by atoms with Crippen molar-refractivity contribution < 1.29 is 4.79 Å². The lowest BCUT2D eigenvalue weighted by molar-refractivity contribution is -0.112. The first kappa shape index (κ1) is 8.47. The number of hydrogen-bond donors (Lipinski definition) is 1. The molecule has 1 fully saturated rings. The highest BCUT2D eigenvalue weighted by Crippen LogP contribution is 2.07. The number of allylic oxidation sites excluding steroid dienone is 1. The van der Waals surface area contributed by atoms with E-state index in [2.05, 4.69) is 5.32 Å². The second kappa shape index (κ2) is 4.29. The molecule has 1 rings (SSSR count). The van der Waals surface area contributed by atoms with Crippen molar-refractivity contribution in [3.8, 4) is 0 Å². The zero-order chi connectivity index (χ0) is 8.10. The lowest BCUT2D eigenvalue weighted by Crippen LogP contribution is -2.32. The Kier molecular flexibility index (Phi) is 3.30. The smallest absolute Gasteiger partial charge is 0.152 e. The van der Waals surface area contributed by atoms with Crippen LogP contribution in [-0.4, -0.2) is 18.4 Å². The van der Waals surface area contributed by atoms with Gasteiger partial charge >= 0.3 is 0 Å². The summed E-state index contributed by atoms with van der Waals surface area (Å²) >= 11 is 0. The van der Waals surface area contributed by atoms with Crippen LogP contribution in [0, 0.1) is 0 Å². The van der Waals surface area contributed by atoms with Crippen LogP contribution >= 0.6 is 0 Å². The third-order valence-corrected chi connectivity index (χ3v) is 1.91. The molecule has 0 aromatic carbocycles. The molecule has 0 bridgehead atoms. The molecule has 1 atom stereocenters. The molecule has 0 unspecified atom stereocenters. The van der Waals surface area contributed by atoms with E-state index in [4.69, 9.17) is 0 Å². The van der Waals surface area contributed by atoms with Gasteiger partial charge in [-0.25, -0.2) is 0 Å². The van der Waals surface area contributed by atoms with Crippen molar-refractivity contribution in [3.63, 3.8) is 0 Å². The molecule has 1 heterocycles. The Morgan fingerprint density at radius 3 is 2.91 bits per heavy atom. The van der Waals surface area contributed by atoms with E-state index in [1.807, 2.05) is 6.08 Å². The number of piperidine rings is 1. The summed E-state index contributed by atoms with van der Waals surface area (Å²) in [4.78, 5) is 10.6. The number of ketones is 1. The largest absolute Gasteiger partial charge is 0.311 e. The van der Waals surface area contributed by atoms with Crippen LogP contribution in [0.5, 0.6) is 0 Å². The number of carbonyl (C=O) groups is 1. The summed E-state index contributed by atoms with van der Waals surface area (Å²) in [5.74, 6) is 0.136. The Balaban J connectivity index is 2.29. The fourth-order valence-electron chi connectivity index (χ4n) is 1.29. The van der Waals surface area contributed by atoms with E-state index in [0.717, 1.165) is 6.54 Å². The Morgan fingerprint density at radius 1 is 1.55 bits per heavy atom. The van der Waals surface area contributed by atoms with Crippen LogP contribution in [0.2, 0.25) is 0 Å². The molecule has 11 heavy (non-hydrogen) atoms. The first-order chi connectivity index (χ1) is 5.29. The monoisotopic (exact) mass is 153 g/mol. The van der Waals surface area contributed by atoms with Gasteiger partial charge in [-0.3, -0.25) is 4.79 Å². The van der Waals surface area contributed by atoms with Gasteiger partial charge < -0.3 is 5.32 Å². The van der Waals surface area contributed by atoms with Gasteiger partial charge in [-0.1, -0.05) is 12.5 Å². The second-order valence-corrected chi connectivity index (χ2v) is 3.03. The van der Waals surface area contributed by atoms with Gasteiger partial charge in [0.15, 0.2) is 5.78 Å². The van der Waals surface area contributed by atoms with E-state index < -0.39 is 0 Å². The summed E-state index contributed by atoms with van der Waals surface area (Å²) in [7, 11) is 0. The third-order valence-electron chi connectivity index (χ3n) is 1.91. The minimum atomic E-state index is 0.136. The zero-order valence-corrected chi connectivity index (χ0v) is 6.97. The van der Waals surface area contributed by atoms with Gasteiger partial charge in [0.1, 0.15) is 0 Å². The van der Waals surface area contributed by atoms with E-state index in [9.17, 15) is 4.79 Å². The van der Waals surface area contributed by atoms with Crippen LogP contribution < -0.4 is 5.32 Å². The SMILES string of the molecule is CC(=O)/C=C/[C@@H]1CCCCN1. The van der Waals surface area contributed by atoms with Gasteiger partial charge in [-0.05, 0) is 32.4 Å². The standard InChI is InChI=1S/C9H15NO/c1-8(11)5-6-9-4-2-3-7-10-9/h5-6,9-10H,2-4,7H2,1H3/b6-5+/t9-/m0/s1. The van der Waals surface area contributed by atoms with Crippen molar-refractivity contribution in [2.45, 2.75) is 32.2 Å². The molecule has 0 radical (unpaired) electrons. The van der Waals surface area contributed by atoms with Crippen molar-refractivity contribution in [2.24, 2.45) is 0 Å². The summed E-state index contributed by atoms with van der Waals surface area (Å²) in [5.41, 5.74) is 0. The van der Waals surface area contributed by atoms with Crippen LogP contribution in [0.4, 0.5) is 0 Å². The van der Waals surface area contributed by atoms with E-state index in [1.54, 1.807) is 13.0 Å². The van der Waals surface area contributed by atoms with Crippen molar-refractivity contribution in [1.29, 1.82) is 0 Å². The van der Waals surface area contributed by atoms with Gasteiger partial charge in [0.05, 0.1) is 0 Å². The third kappa shape index (κ3) is 3.33. The number of rotatable bonds is 2. The highest BCUT2D eigenvalue weighted by molar-refractivity contribution is 5.87. The fraction of sp³-hybridized carbons (Fsp3) is 0.667. The van der Waals surface area contributed by atoms with E-state index in [1.165, 1.54) is 19.3 Å². The maximum atomic E-state index is 10.6. The molecule has 2 heteroatoms. The molecule has 1 saturated heterocycles. The minimum Gasteiger partial charge on any atom is -0.311 e. The van der Waals surface area contributed by atoms with Gasteiger partial charge in [-0.2, -0.15) is 0 Å². The lowest BCUT2D eigenvalue weighted by atomic mass is 10.0. The van der Waals surface area contributed by atoms with Crippen molar-refractivity contribution in [3.05, 3.63) is 12.2 Å². The average Bonchev–Trinajstić information content (AvgIpc) is 2.03. The highest BCUT2D eigenvalue weighted by atomic mass is 16.1. The summed E-state index contributed by atoms with van der Waals surface area (Å²) < 4.78 is 0. The molecule has 0 amide bonds. The number of hydrogen-bond acceptors (Lipinski definition) is 2.